The molecular formula is C33H57IN2O4. The first-order chi connectivity index (χ1) is 19.0. The van der Waals surface area contributed by atoms with Gasteiger partial charge >= 0.3 is 6.09 Å². The Hall–Kier alpha value is -1.22. The van der Waals surface area contributed by atoms with Gasteiger partial charge in [0.2, 0.25) is 11.6 Å². The van der Waals surface area contributed by atoms with Crippen LogP contribution >= 0.6 is 0 Å². The number of pyridine rings is 1. The van der Waals surface area contributed by atoms with Crippen LogP contribution in [0.4, 0.5) is 4.79 Å². The lowest BCUT2D eigenvalue weighted by atomic mass is 10.0. The van der Waals surface area contributed by atoms with Crippen molar-refractivity contribution in [3.63, 3.8) is 0 Å². The van der Waals surface area contributed by atoms with Gasteiger partial charge in [-0.1, -0.05) is 109 Å². The summed E-state index contributed by atoms with van der Waals surface area (Å²) in [6.07, 6.45) is 25.2. The second-order valence-corrected chi connectivity index (χ2v) is 11.4. The van der Waals surface area contributed by atoms with Gasteiger partial charge in [0.1, 0.15) is 19.7 Å². The minimum atomic E-state index is -0.594. The van der Waals surface area contributed by atoms with Crippen LogP contribution in [0.25, 0.3) is 0 Å². The molecule has 230 valence electrons. The predicted molar refractivity (Wildman–Crippen MR) is 157 cm³/mol. The number of aromatic nitrogens is 1. The first-order valence-electron chi connectivity index (χ1n) is 16.1. The van der Waals surface area contributed by atoms with Crippen LogP contribution in [0.5, 0.6) is 0 Å². The van der Waals surface area contributed by atoms with Crippen LogP contribution in [-0.2, 0) is 27.4 Å². The summed E-state index contributed by atoms with van der Waals surface area (Å²) >= 11 is 0. The minimum Gasteiger partial charge on any atom is -1.00 e. The molecule has 1 aromatic heterocycles. The molecule has 0 aliphatic carbocycles. The molecule has 0 radical (unpaired) electrons. The maximum atomic E-state index is 12.7. The summed E-state index contributed by atoms with van der Waals surface area (Å²) in [4.78, 5) is 26.0. The Morgan fingerprint density at radius 3 is 1.95 bits per heavy atom. The Labute approximate surface area is 262 Å². The van der Waals surface area contributed by atoms with E-state index in [2.05, 4.69) is 6.92 Å². The summed E-state index contributed by atoms with van der Waals surface area (Å²) in [7, 11) is 0. The van der Waals surface area contributed by atoms with Crippen LogP contribution in [0, 0.1) is 0 Å². The van der Waals surface area contributed by atoms with E-state index in [-0.39, 0.29) is 55.2 Å². The normalized spacial score (nSPS) is 16.5. The van der Waals surface area contributed by atoms with Gasteiger partial charge in [0.15, 0.2) is 6.20 Å². The largest absolute Gasteiger partial charge is 1.00 e. The second-order valence-electron chi connectivity index (χ2n) is 11.4. The number of amides is 2. The Kier molecular flexibility index (Phi) is 21.5. The molecule has 1 aliphatic rings. The summed E-state index contributed by atoms with van der Waals surface area (Å²) in [6.45, 7) is 6.90. The fourth-order valence-electron chi connectivity index (χ4n) is 5.53. The van der Waals surface area contributed by atoms with Crippen molar-refractivity contribution in [3.05, 3.63) is 30.1 Å². The van der Waals surface area contributed by atoms with Crippen molar-refractivity contribution in [1.82, 2.24) is 4.90 Å². The molecule has 1 aliphatic heterocycles. The predicted octanol–water partition coefficient (Wildman–Crippen LogP) is 5.29. The summed E-state index contributed by atoms with van der Waals surface area (Å²) in [5.41, 5.74) is 0.896. The smallest absolute Gasteiger partial charge is 0.417 e. The lowest BCUT2D eigenvalue weighted by molar-refractivity contribution is -0.701. The van der Waals surface area contributed by atoms with Gasteiger partial charge in [-0.15, -0.1) is 0 Å². The maximum Gasteiger partial charge on any atom is 0.417 e. The van der Waals surface area contributed by atoms with E-state index >= 15 is 0 Å². The molecule has 0 saturated carbocycles. The average Bonchev–Trinajstić information content (AvgIpc) is 3.40. The number of carbonyl (C=O) groups is 2. The lowest BCUT2D eigenvalue weighted by Crippen LogP contribution is -3.00. The third-order valence-electron chi connectivity index (χ3n) is 8.01. The quantitative estimate of drug-likeness (QED) is 0.101. The van der Waals surface area contributed by atoms with E-state index in [0.29, 0.717) is 0 Å². The monoisotopic (exact) mass is 672 g/mol. The van der Waals surface area contributed by atoms with Crippen LogP contribution in [0.2, 0.25) is 0 Å². The average molecular weight is 673 g/mol. The highest BCUT2D eigenvalue weighted by Gasteiger charge is 2.28. The molecule has 0 bridgehead atoms. The van der Waals surface area contributed by atoms with Gasteiger partial charge < -0.3 is 33.5 Å². The molecule has 0 aromatic carbocycles. The molecule has 2 heterocycles. The highest BCUT2D eigenvalue weighted by Crippen LogP contribution is 2.25. The molecule has 40 heavy (non-hydrogen) atoms. The van der Waals surface area contributed by atoms with Crippen molar-refractivity contribution < 1.29 is 47.6 Å². The molecule has 0 spiro atoms. The summed E-state index contributed by atoms with van der Waals surface area (Å²) in [5, 5.41) is 0. The van der Waals surface area contributed by atoms with Gasteiger partial charge in [-0.25, -0.2) is 14.3 Å². The van der Waals surface area contributed by atoms with Gasteiger partial charge in [-0.05, 0) is 26.2 Å². The number of nitrogens with zero attached hydrogens (tertiary/aromatic N) is 2. The van der Waals surface area contributed by atoms with Crippen LogP contribution in [0.1, 0.15) is 142 Å². The molecule has 0 N–H and O–H groups in total. The zero-order chi connectivity index (χ0) is 28.1. The first-order valence-corrected chi connectivity index (χ1v) is 16.1. The standard InChI is InChI=1S/C33H57N2O4.HI/c1-4-6-7-8-9-10-11-12-13-14-15-16-17-18-19-23-31-24-25-32(39-31)28-38-33(37)35(29(3)36)27-30-22-20-21-26-34(30)5-2;/h20-22,26,31-32H,4-19,23-25,27-28H2,1-3H3;1H/q+1;/p-1. The second kappa shape index (κ2) is 23.4. The zero-order valence-electron chi connectivity index (χ0n) is 25.7. The van der Waals surface area contributed by atoms with Crippen molar-refractivity contribution in [2.75, 3.05) is 6.61 Å². The SMILES string of the molecule is CCCCCCCCCCCCCCCCCC1CCC(COC(=O)N(Cc2cccc[n+]2CC)C(C)=O)O1.[I-]. The maximum absolute atomic E-state index is 12.7. The summed E-state index contributed by atoms with van der Waals surface area (Å²) in [5.74, 6) is -0.315. The third-order valence-corrected chi connectivity index (χ3v) is 8.01. The van der Waals surface area contributed by atoms with Crippen LogP contribution in [-0.4, -0.2) is 35.7 Å². The minimum absolute atomic E-state index is 0. The van der Waals surface area contributed by atoms with E-state index in [0.717, 1.165) is 31.5 Å². The van der Waals surface area contributed by atoms with Gasteiger partial charge in [0.25, 0.3) is 0 Å². The Balaban J connectivity index is 0.00000800. The molecule has 2 atom stereocenters. The third kappa shape index (κ3) is 15.7. The highest BCUT2D eigenvalue weighted by atomic mass is 127. The molecule has 2 amide bonds. The van der Waals surface area contributed by atoms with Crippen LogP contribution < -0.4 is 28.5 Å². The fourth-order valence-corrected chi connectivity index (χ4v) is 5.53. The molecular weight excluding hydrogens is 615 g/mol. The van der Waals surface area contributed by atoms with E-state index in [1.807, 2.05) is 35.9 Å². The van der Waals surface area contributed by atoms with Gasteiger partial charge in [-0.2, -0.15) is 0 Å². The number of rotatable bonds is 21. The number of hydrogen-bond donors (Lipinski definition) is 0. The highest BCUT2D eigenvalue weighted by molar-refractivity contribution is 5.90. The molecule has 2 unspecified atom stereocenters. The fraction of sp³-hybridized carbons (Fsp3) is 0.788. The molecule has 6 nitrogen and oxygen atoms in total. The van der Waals surface area contributed by atoms with Crippen molar-refractivity contribution in [3.8, 4) is 0 Å². The summed E-state index contributed by atoms with van der Waals surface area (Å²) in [6, 6.07) is 5.78. The molecule has 1 saturated heterocycles. The van der Waals surface area contributed by atoms with Gasteiger partial charge in [0.05, 0.1) is 12.2 Å². The Morgan fingerprint density at radius 2 is 1.40 bits per heavy atom. The van der Waals surface area contributed by atoms with E-state index < -0.39 is 6.09 Å². The summed E-state index contributed by atoms with van der Waals surface area (Å²) < 4.78 is 13.7. The molecule has 1 aromatic rings. The van der Waals surface area contributed by atoms with Crippen molar-refractivity contribution in [2.24, 2.45) is 0 Å². The van der Waals surface area contributed by atoms with Crippen molar-refractivity contribution >= 4 is 12.0 Å². The van der Waals surface area contributed by atoms with E-state index in [4.69, 9.17) is 9.47 Å². The first kappa shape index (κ1) is 36.8. The lowest BCUT2D eigenvalue weighted by Gasteiger charge is -2.19. The number of imide groups is 1. The number of halogens is 1. The molecule has 2 rings (SSSR count). The van der Waals surface area contributed by atoms with Gasteiger partial charge in [0, 0.05) is 19.1 Å². The van der Waals surface area contributed by atoms with Gasteiger partial charge in [-0.3, -0.25) is 4.79 Å². The number of carbonyl (C=O) groups excluding carboxylic acids is 2. The zero-order valence-corrected chi connectivity index (χ0v) is 27.9. The van der Waals surface area contributed by atoms with Crippen LogP contribution in [0.15, 0.2) is 24.4 Å². The number of ether oxygens (including phenoxy) is 2. The van der Waals surface area contributed by atoms with E-state index in [1.54, 1.807) is 0 Å². The topological polar surface area (TPSA) is 59.7 Å². The number of hydrogen-bond acceptors (Lipinski definition) is 4. The Morgan fingerprint density at radius 1 is 0.850 bits per heavy atom. The van der Waals surface area contributed by atoms with Crippen molar-refractivity contribution in [2.45, 2.75) is 162 Å². The molecule has 7 heteroatoms. The van der Waals surface area contributed by atoms with E-state index in [9.17, 15) is 9.59 Å². The number of aryl methyl sites for hydroxylation is 1. The van der Waals surface area contributed by atoms with E-state index in [1.165, 1.54) is 108 Å². The Bertz CT molecular complexity index is 806. The molecule has 1 fully saturated rings. The number of unbranched alkanes of at least 4 members (excludes halogenated alkanes) is 14. The van der Waals surface area contributed by atoms with Crippen molar-refractivity contribution in [1.29, 1.82) is 0 Å². The van der Waals surface area contributed by atoms with Crippen LogP contribution in [0.3, 0.4) is 0 Å².